The number of unbranched alkanes of at least 4 members (excludes halogenated alkanes) is 1. The van der Waals surface area contributed by atoms with E-state index in [0.717, 1.165) is 11.8 Å². The van der Waals surface area contributed by atoms with Gasteiger partial charge in [0.1, 0.15) is 0 Å². The molecule has 1 heteroatoms. The number of hydrogen-bond donors (Lipinski definition) is 0. The summed E-state index contributed by atoms with van der Waals surface area (Å²) in [6, 6.07) is 0. The highest BCUT2D eigenvalue weighted by Gasteiger charge is 2.33. The Hall–Kier alpha value is 0.480. The Balaban J connectivity index is 2.34. The maximum atomic E-state index is 3.79. The predicted octanol–water partition coefficient (Wildman–Crippen LogP) is 6.18. The first-order valence-electron chi connectivity index (χ1n) is 7.68. The largest absolute Gasteiger partial charge is 0.0922 e. The highest BCUT2D eigenvalue weighted by atomic mass is 79.9. The maximum Gasteiger partial charge on any atom is 0.00879 e. The van der Waals surface area contributed by atoms with Crippen molar-refractivity contribution in [1.82, 2.24) is 0 Å². The zero-order chi connectivity index (χ0) is 12.7. The summed E-state index contributed by atoms with van der Waals surface area (Å²) in [5.41, 5.74) is 0.646. The first-order chi connectivity index (χ1) is 8.12. The van der Waals surface area contributed by atoms with Gasteiger partial charge in [0.25, 0.3) is 0 Å². The van der Waals surface area contributed by atoms with Crippen LogP contribution in [0.4, 0.5) is 0 Å². The lowest BCUT2D eigenvalue weighted by molar-refractivity contribution is 0.149. The van der Waals surface area contributed by atoms with Crippen molar-refractivity contribution in [1.29, 1.82) is 0 Å². The van der Waals surface area contributed by atoms with E-state index in [1.54, 1.807) is 0 Å². The van der Waals surface area contributed by atoms with Gasteiger partial charge in [-0.15, -0.1) is 0 Å². The molecule has 0 amide bonds. The molecule has 1 aliphatic carbocycles. The van der Waals surface area contributed by atoms with Gasteiger partial charge in [0, 0.05) is 5.33 Å². The zero-order valence-corrected chi connectivity index (χ0v) is 13.7. The van der Waals surface area contributed by atoms with Crippen molar-refractivity contribution >= 4 is 15.9 Å². The van der Waals surface area contributed by atoms with Gasteiger partial charge in [-0.2, -0.15) is 0 Å². The third-order valence-corrected chi connectivity index (χ3v) is 5.86. The summed E-state index contributed by atoms with van der Waals surface area (Å²) in [6.07, 6.45) is 13.1. The van der Waals surface area contributed by atoms with Gasteiger partial charge < -0.3 is 0 Å². The Morgan fingerprint density at radius 1 is 1.24 bits per heavy atom. The topological polar surface area (TPSA) is 0 Å². The highest BCUT2D eigenvalue weighted by molar-refractivity contribution is 9.09. The summed E-state index contributed by atoms with van der Waals surface area (Å²) in [4.78, 5) is 0. The fourth-order valence-corrected chi connectivity index (χ4v) is 3.96. The van der Waals surface area contributed by atoms with Crippen molar-refractivity contribution in [3.05, 3.63) is 0 Å². The Morgan fingerprint density at radius 2 is 1.88 bits per heavy atom. The molecule has 0 N–H and O–H groups in total. The van der Waals surface area contributed by atoms with Gasteiger partial charge in [-0.3, -0.25) is 0 Å². The third kappa shape index (κ3) is 5.32. The van der Waals surface area contributed by atoms with Crippen LogP contribution in [0.25, 0.3) is 0 Å². The second-order valence-electron chi connectivity index (χ2n) is 6.65. The summed E-state index contributed by atoms with van der Waals surface area (Å²) in [5.74, 6) is 1.91. The molecule has 0 saturated heterocycles. The molecule has 0 aromatic rings. The van der Waals surface area contributed by atoms with Gasteiger partial charge in [0.2, 0.25) is 0 Å². The first kappa shape index (κ1) is 15.5. The van der Waals surface area contributed by atoms with E-state index in [-0.39, 0.29) is 0 Å². The SMILES string of the molecule is CCCCC1CCC(CBr)(CCC(C)C)CC1. The molecule has 0 atom stereocenters. The summed E-state index contributed by atoms with van der Waals surface area (Å²) < 4.78 is 0. The Morgan fingerprint density at radius 3 is 2.35 bits per heavy atom. The van der Waals surface area contributed by atoms with Crippen molar-refractivity contribution < 1.29 is 0 Å². The van der Waals surface area contributed by atoms with Gasteiger partial charge in [-0.1, -0.05) is 62.4 Å². The lowest BCUT2D eigenvalue weighted by Gasteiger charge is -2.40. The van der Waals surface area contributed by atoms with Crippen molar-refractivity contribution in [2.24, 2.45) is 17.3 Å². The molecule has 0 spiro atoms. The van der Waals surface area contributed by atoms with Crippen LogP contribution in [0.3, 0.4) is 0 Å². The zero-order valence-electron chi connectivity index (χ0n) is 12.1. The quantitative estimate of drug-likeness (QED) is 0.492. The molecule has 1 saturated carbocycles. The molecule has 0 unspecified atom stereocenters. The number of alkyl halides is 1. The molecule has 1 rings (SSSR count). The first-order valence-corrected chi connectivity index (χ1v) is 8.80. The predicted molar refractivity (Wildman–Crippen MR) is 81.8 cm³/mol. The third-order valence-electron chi connectivity index (χ3n) is 4.67. The minimum Gasteiger partial charge on any atom is -0.0922 e. The van der Waals surface area contributed by atoms with Crippen LogP contribution < -0.4 is 0 Å². The van der Waals surface area contributed by atoms with Crippen LogP contribution in [-0.2, 0) is 0 Å². The van der Waals surface area contributed by atoms with E-state index < -0.39 is 0 Å². The molecule has 0 aliphatic heterocycles. The van der Waals surface area contributed by atoms with E-state index in [0.29, 0.717) is 5.41 Å². The van der Waals surface area contributed by atoms with Crippen LogP contribution in [0.2, 0.25) is 0 Å². The molecule has 0 heterocycles. The standard InChI is InChI=1S/C16H31Br/c1-4-5-6-15-8-11-16(13-17,12-9-15)10-7-14(2)3/h14-15H,4-13H2,1-3H3. The number of halogens is 1. The van der Waals surface area contributed by atoms with E-state index in [4.69, 9.17) is 0 Å². The van der Waals surface area contributed by atoms with Crippen LogP contribution in [0.5, 0.6) is 0 Å². The van der Waals surface area contributed by atoms with Crippen molar-refractivity contribution in [3.63, 3.8) is 0 Å². The smallest absolute Gasteiger partial charge is 0.00879 e. The van der Waals surface area contributed by atoms with Crippen LogP contribution in [0.1, 0.15) is 78.6 Å². The molecule has 0 radical (unpaired) electrons. The highest BCUT2D eigenvalue weighted by Crippen LogP contribution is 2.45. The van der Waals surface area contributed by atoms with Gasteiger partial charge in [-0.05, 0) is 49.4 Å². The normalized spacial score (nSPS) is 29.8. The summed E-state index contributed by atoms with van der Waals surface area (Å²) >= 11 is 3.79. The minimum atomic E-state index is 0.646. The second-order valence-corrected chi connectivity index (χ2v) is 7.21. The van der Waals surface area contributed by atoms with Gasteiger partial charge in [0.15, 0.2) is 0 Å². The molecule has 17 heavy (non-hydrogen) atoms. The Bertz CT molecular complexity index is 190. The van der Waals surface area contributed by atoms with Crippen LogP contribution in [-0.4, -0.2) is 5.33 Å². The molecule has 0 aromatic carbocycles. The molecule has 0 nitrogen and oxygen atoms in total. The second kappa shape index (κ2) is 7.81. The van der Waals surface area contributed by atoms with E-state index in [1.807, 2.05) is 0 Å². The lowest BCUT2D eigenvalue weighted by Crippen LogP contribution is -2.29. The van der Waals surface area contributed by atoms with Crippen LogP contribution in [0.15, 0.2) is 0 Å². The van der Waals surface area contributed by atoms with Gasteiger partial charge in [-0.25, -0.2) is 0 Å². The van der Waals surface area contributed by atoms with E-state index in [1.165, 1.54) is 63.1 Å². The Labute approximate surface area is 117 Å². The lowest BCUT2D eigenvalue weighted by atomic mass is 9.68. The molecular weight excluding hydrogens is 272 g/mol. The fraction of sp³-hybridized carbons (Fsp3) is 1.00. The van der Waals surface area contributed by atoms with E-state index in [9.17, 15) is 0 Å². The molecule has 0 aromatic heterocycles. The number of hydrogen-bond acceptors (Lipinski definition) is 0. The van der Waals surface area contributed by atoms with Gasteiger partial charge >= 0.3 is 0 Å². The number of rotatable bonds is 7. The van der Waals surface area contributed by atoms with E-state index >= 15 is 0 Å². The monoisotopic (exact) mass is 302 g/mol. The van der Waals surface area contributed by atoms with Crippen LogP contribution >= 0.6 is 15.9 Å². The summed E-state index contributed by atoms with van der Waals surface area (Å²) in [7, 11) is 0. The minimum absolute atomic E-state index is 0.646. The van der Waals surface area contributed by atoms with Crippen molar-refractivity contribution in [2.75, 3.05) is 5.33 Å². The molecule has 1 fully saturated rings. The molecule has 102 valence electrons. The van der Waals surface area contributed by atoms with E-state index in [2.05, 4.69) is 36.7 Å². The average molecular weight is 303 g/mol. The van der Waals surface area contributed by atoms with Crippen LogP contribution in [0, 0.1) is 17.3 Å². The molecule has 0 bridgehead atoms. The van der Waals surface area contributed by atoms with Gasteiger partial charge in [0.05, 0.1) is 0 Å². The summed E-state index contributed by atoms with van der Waals surface area (Å²) in [6.45, 7) is 7.03. The molecular formula is C16H31Br. The maximum absolute atomic E-state index is 3.79. The average Bonchev–Trinajstić information content (AvgIpc) is 2.35. The van der Waals surface area contributed by atoms with Crippen molar-refractivity contribution in [2.45, 2.75) is 78.6 Å². The summed E-state index contributed by atoms with van der Waals surface area (Å²) in [5, 5.41) is 1.23. The molecule has 1 aliphatic rings. The Kier molecular flexibility index (Phi) is 7.14. The van der Waals surface area contributed by atoms with Crippen molar-refractivity contribution in [3.8, 4) is 0 Å². The fourth-order valence-electron chi connectivity index (χ4n) is 3.12.